The van der Waals surface area contributed by atoms with Crippen LogP contribution in [0.3, 0.4) is 0 Å². The van der Waals surface area contributed by atoms with E-state index >= 15 is 0 Å². The lowest BCUT2D eigenvalue weighted by Gasteiger charge is -2.19. The maximum absolute atomic E-state index is 11.3. The number of carbonyl (C=O) groups is 1. The van der Waals surface area contributed by atoms with Gasteiger partial charge < -0.3 is 9.64 Å². The second kappa shape index (κ2) is 5.72. The molecule has 0 bridgehead atoms. The lowest BCUT2D eigenvalue weighted by atomic mass is 10.1. The van der Waals surface area contributed by atoms with E-state index in [1.807, 2.05) is 18.2 Å². The number of hydrogen-bond acceptors (Lipinski definition) is 3. The summed E-state index contributed by atoms with van der Waals surface area (Å²) in [6.07, 6.45) is 1.14. The fourth-order valence-electron chi connectivity index (χ4n) is 2.43. The number of hydrogen-bond donors (Lipinski definition) is 0. The lowest BCUT2D eigenvalue weighted by molar-refractivity contribution is 0.101. The molecule has 3 nitrogen and oxygen atoms in total. The van der Waals surface area contributed by atoms with Crippen LogP contribution in [0.4, 0.5) is 5.69 Å². The summed E-state index contributed by atoms with van der Waals surface area (Å²) in [6.45, 7) is 4.34. The molecule has 0 saturated carbocycles. The van der Waals surface area contributed by atoms with Crippen molar-refractivity contribution in [1.82, 2.24) is 0 Å². The van der Waals surface area contributed by atoms with Gasteiger partial charge in [-0.05, 0) is 31.5 Å². The highest BCUT2D eigenvalue weighted by Crippen LogP contribution is 2.28. The third kappa shape index (κ3) is 2.85. The number of Topliss-reactive ketones (excluding diaryl/α,β-unsaturated/α-hetero) is 1. The van der Waals surface area contributed by atoms with E-state index in [2.05, 4.69) is 4.90 Å². The molecule has 1 aromatic carbocycles. The van der Waals surface area contributed by atoms with Gasteiger partial charge in [0.2, 0.25) is 0 Å². The standard InChI is InChI=1S/C14H18ClNO2/c1-10(17)13-4-3-12(7-14(13)15)16-6-5-11(8-16)9-18-2/h3-4,7,11H,5-6,8-9H2,1-2H3. The zero-order chi connectivity index (χ0) is 13.1. The van der Waals surface area contributed by atoms with Crippen LogP contribution in [-0.4, -0.2) is 32.6 Å². The largest absolute Gasteiger partial charge is 0.384 e. The Morgan fingerprint density at radius 3 is 2.94 bits per heavy atom. The summed E-state index contributed by atoms with van der Waals surface area (Å²) in [5.41, 5.74) is 1.68. The third-order valence-electron chi connectivity index (χ3n) is 3.39. The summed E-state index contributed by atoms with van der Waals surface area (Å²) in [6, 6.07) is 5.66. The lowest BCUT2D eigenvalue weighted by Crippen LogP contribution is -2.21. The first-order chi connectivity index (χ1) is 8.61. The maximum atomic E-state index is 11.3. The molecular weight excluding hydrogens is 250 g/mol. The molecule has 0 aromatic heterocycles. The molecule has 0 N–H and O–H groups in total. The van der Waals surface area contributed by atoms with Crippen LogP contribution < -0.4 is 4.90 Å². The zero-order valence-corrected chi connectivity index (χ0v) is 11.5. The Morgan fingerprint density at radius 2 is 2.33 bits per heavy atom. The smallest absolute Gasteiger partial charge is 0.161 e. The Hall–Kier alpha value is -1.06. The first-order valence-electron chi connectivity index (χ1n) is 6.16. The highest BCUT2D eigenvalue weighted by molar-refractivity contribution is 6.34. The van der Waals surface area contributed by atoms with Gasteiger partial charge in [0.15, 0.2) is 5.78 Å². The summed E-state index contributed by atoms with van der Waals surface area (Å²) in [5.74, 6) is 0.589. The quantitative estimate of drug-likeness (QED) is 0.786. The van der Waals surface area contributed by atoms with Gasteiger partial charge in [0, 0.05) is 37.4 Å². The van der Waals surface area contributed by atoms with Gasteiger partial charge in [0.05, 0.1) is 11.6 Å². The number of nitrogens with zero attached hydrogens (tertiary/aromatic N) is 1. The fourth-order valence-corrected chi connectivity index (χ4v) is 2.73. The number of anilines is 1. The molecule has 0 aliphatic carbocycles. The van der Waals surface area contributed by atoms with E-state index < -0.39 is 0 Å². The molecule has 1 unspecified atom stereocenters. The molecule has 1 aliphatic rings. The van der Waals surface area contributed by atoms with Crippen LogP contribution in [0, 0.1) is 5.92 Å². The Labute approximate surface area is 113 Å². The third-order valence-corrected chi connectivity index (χ3v) is 3.70. The number of rotatable bonds is 4. The topological polar surface area (TPSA) is 29.5 Å². The van der Waals surface area contributed by atoms with Crippen LogP contribution in [0.1, 0.15) is 23.7 Å². The highest BCUT2D eigenvalue weighted by Gasteiger charge is 2.23. The molecule has 1 aliphatic heterocycles. The molecule has 1 fully saturated rings. The molecule has 1 heterocycles. The van der Waals surface area contributed by atoms with Crippen molar-refractivity contribution in [1.29, 1.82) is 0 Å². The molecule has 2 rings (SSSR count). The Bertz CT molecular complexity index is 447. The maximum Gasteiger partial charge on any atom is 0.161 e. The summed E-state index contributed by atoms with van der Waals surface area (Å²) < 4.78 is 5.19. The van der Waals surface area contributed by atoms with Crippen LogP contribution in [0.25, 0.3) is 0 Å². The van der Waals surface area contributed by atoms with E-state index in [-0.39, 0.29) is 5.78 Å². The zero-order valence-electron chi connectivity index (χ0n) is 10.8. The predicted octanol–water partition coefficient (Wildman–Crippen LogP) is 3.02. The van der Waals surface area contributed by atoms with E-state index in [0.29, 0.717) is 16.5 Å². The van der Waals surface area contributed by atoms with Crippen molar-refractivity contribution in [3.63, 3.8) is 0 Å². The minimum absolute atomic E-state index is 0.00484. The Balaban J connectivity index is 2.11. The van der Waals surface area contributed by atoms with Crippen molar-refractivity contribution < 1.29 is 9.53 Å². The first-order valence-corrected chi connectivity index (χ1v) is 6.54. The highest BCUT2D eigenvalue weighted by atomic mass is 35.5. The number of halogens is 1. The minimum Gasteiger partial charge on any atom is -0.384 e. The SMILES string of the molecule is COCC1CCN(c2ccc(C(C)=O)c(Cl)c2)C1. The minimum atomic E-state index is 0.00484. The van der Waals surface area contributed by atoms with Crippen LogP contribution in [-0.2, 0) is 4.74 Å². The Morgan fingerprint density at radius 1 is 1.56 bits per heavy atom. The van der Waals surface area contributed by atoms with Crippen molar-refractivity contribution in [2.75, 3.05) is 31.7 Å². The molecule has 1 aromatic rings. The van der Waals surface area contributed by atoms with Crippen molar-refractivity contribution in [3.05, 3.63) is 28.8 Å². The van der Waals surface area contributed by atoms with Gasteiger partial charge in [-0.15, -0.1) is 0 Å². The molecular formula is C14H18ClNO2. The van der Waals surface area contributed by atoms with Gasteiger partial charge in [-0.2, -0.15) is 0 Å². The van der Waals surface area contributed by atoms with Gasteiger partial charge in [-0.1, -0.05) is 11.6 Å². The van der Waals surface area contributed by atoms with Gasteiger partial charge in [0.25, 0.3) is 0 Å². The summed E-state index contributed by atoms with van der Waals surface area (Å²) in [5, 5.41) is 0.537. The predicted molar refractivity (Wildman–Crippen MR) is 73.7 cm³/mol. The number of carbonyl (C=O) groups excluding carboxylic acids is 1. The van der Waals surface area contributed by atoms with Crippen LogP contribution in [0.15, 0.2) is 18.2 Å². The summed E-state index contributed by atoms with van der Waals surface area (Å²) in [4.78, 5) is 13.6. The molecule has 98 valence electrons. The Kier molecular flexibility index (Phi) is 4.25. The summed E-state index contributed by atoms with van der Waals surface area (Å²) >= 11 is 6.13. The molecule has 0 amide bonds. The molecule has 1 atom stereocenters. The van der Waals surface area contributed by atoms with Gasteiger partial charge in [-0.3, -0.25) is 4.79 Å². The van der Waals surface area contributed by atoms with E-state index in [9.17, 15) is 4.79 Å². The molecule has 18 heavy (non-hydrogen) atoms. The summed E-state index contributed by atoms with van der Waals surface area (Å²) in [7, 11) is 1.74. The van der Waals surface area contributed by atoms with E-state index in [0.717, 1.165) is 31.8 Å². The number of ketones is 1. The van der Waals surface area contributed by atoms with Crippen molar-refractivity contribution in [3.8, 4) is 0 Å². The molecule has 0 radical (unpaired) electrons. The van der Waals surface area contributed by atoms with Crippen molar-refractivity contribution in [2.45, 2.75) is 13.3 Å². The number of ether oxygens (including phenoxy) is 1. The van der Waals surface area contributed by atoms with E-state index in [4.69, 9.17) is 16.3 Å². The van der Waals surface area contributed by atoms with Gasteiger partial charge in [0.1, 0.15) is 0 Å². The first kappa shape index (κ1) is 13.4. The van der Waals surface area contributed by atoms with Gasteiger partial charge in [-0.25, -0.2) is 0 Å². The molecule has 0 spiro atoms. The van der Waals surface area contributed by atoms with Crippen molar-refractivity contribution in [2.24, 2.45) is 5.92 Å². The number of benzene rings is 1. The van der Waals surface area contributed by atoms with Crippen LogP contribution in [0.5, 0.6) is 0 Å². The van der Waals surface area contributed by atoms with Crippen LogP contribution >= 0.6 is 11.6 Å². The normalized spacial score (nSPS) is 19.3. The van der Waals surface area contributed by atoms with E-state index in [1.54, 1.807) is 7.11 Å². The molecule has 1 saturated heterocycles. The van der Waals surface area contributed by atoms with E-state index in [1.165, 1.54) is 6.92 Å². The average molecular weight is 268 g/mol. The molecule has 4 heteroatoms. The second-order valence-electron chi connectivity index (χ2n) is 4.78. The van der Waals surface area contributed by atoms with Gasteiger partial charge >= 0.3 is 0 Å². The monoisotopic (exact) mass is 267 g/mol. The van der Waals surface area contributed by atoms with Crippen LogP contribution in [0.2, 0.25) is 5.02 Å². The van der Waals surface area contributed by atoms with Crippen molar-refractivity contribution >= 4 is 23.1 Å². The second-order valence-corrected chi connectivity index (χ2v) is 5.18. The average Bonchev–Trinajstić information content (AvgIpc) is 2.77. The number of methoxy groups -OCH3 is 1. The fraction of sp³-hybridized carbons (Fsp3) is 0.500.